The fourth-order valence-electron chi connectivity index (χ4n) is 2.85. The molecular formula is C19H18N6O. The highest BCUT2D eigenvalue weighted by Crippen LogP contribution is 2.31. The molecule has 4 aromatic rings. The van der Waals surface area contributed by atoms with Crippen LogP contribution in [-0.4, -0.2) is 32.5 Å². The number of rotatable bonds is 5. The molecule has 0 unspecified atom stereocenters. The minimum Gasteiger partial charge on any atom is -0.279 e. The largest absolute Gasteiger partial charge is 0.279 e. The molecule has 0 amide bonds. The summed E-state index contributed by atoms with van der Waals surface area (Å²) in [4.78, 5) is 9.51. The molecule has 0 saturated heterocycles. The van der Waals surface area contributed by atoms with Crippen LogP contribution in [0, 0.1) is 6.92 Å². The van der Waals surface area contributed by atoms with Crippen LogP contribution >= 0.6 is 0 Å². The maximum absolute atomic E-state index is 5.09. The van der Waals surface area contributed by atoms with Gasteiger partial charge in [0.1, 0.15) is 5.82 Å². The van der Waals surface area contributed by atoms with Crippen LogP contribution < -0.4 is 5.48 Å². The van der Waals surface area contributed by atoms with Gasteiger partial charge in [0, 0.05) is 17.3 Å². The number of benzene rings is 2. The van der Waals surface area contributed by atoms with Crippen molar-refractivity contribution in [2.45, 2.75) is 6.92 Å². The number of hydrogen-bond donors (Lipinski definition) is 3. The highest BCUT2D eigenvalue weighted by atomic mass is 16.6. The van der Waals surface area contributed by atoms with Crippen LogP contribution in [0.3, 0.4) is 0 Å². The molecule has 0 aliphatic heterocycles. The molecule has 7 nitrogen and oxygen atoms in total. The van der Waals surface area contributed by atoms with Crippen molar-refractivity contribution >= 4 is 5.69 Å². The first-order valence-electron chi connectivity index (χ1n) is 8.16. The summed E-state index contributed by atoms with van der Waals surface area (Å²) >= 11 is 0. The van der Waals surface area contributed by atoms with E-state index in [2.05, 4.69) is 49.1 Å². The van der Waals surface area contributed by atoms with E-state index in [-0.39, 0.29) is 0 Å². The molecule has 7 heteroatoms. The van der Waals surface area contributed by atoms with Gasteiger partial charge in [-0.3, -0.25) is 20.5 Å². The highest BCUT2D eigenvalue weighted by Gasteiger charge is 2.10. The first-order valence-corrected chi connectivity index (χ1v) is 8.16. The molecule has 0 bridgehead atoms. The predicted octanol–water partition coefficient (Wildman–Crippen LogP) is 3.81. The normalized spacial score (nSPS) is 10.8. The van der Waals surface area contributed by atoms with Gasteiger partial charge in [0.2, 0.25) is 0 Å². The number of hydrogen-bond acceptors (Lipinski definition) is 5. The van der Waals surface area contributed by atoms with E-state index < -0.39 is 0 Å². The quantitative estimate of drug-likeness (QED) is 0.478. The third kappa shape index (κ3) is 3.20. The van der Waals surface area contributed by atoms with E-state index in [1.165, 1.54) is 0 Å². The lowest BCUT2D eigenvalue weighted by Crippen LogP contribution is -1.97. The van der Waals surface area contributed by atoms with E-state index in [9.17, 15) is 0 Å². The lowest BCUT2D eigenvalue weighted by atomic mass is 9.99. The number of nitrogens with zero attached hydrogens (tertiary/aromatic N) is 3. The Balaban J connectivity index is 1.80. The van der Waals surface area contributed by atoms with Crippen LogP contribution in [0.4, 0.5) is 5.69 Å². The van der Waals surface area contributed by atoms with Crippen molar-refractivity contribution in [3.05, 3.63) is 60.6 Å². The highest BCUT2D eigenvalue weighted by molar-refractivity contribution is 5.78. The molecule has 0 saturated carbocycles. The summed E-state index contributed by atoms with van der Waals surface area (Å²) in [5.74, 6) is 1.42. The first-order chi connectivity index (χ1) is 12.7. The van der Waals surface area contributed by atoms with Crippen molar-refractivity contribution in [3.63, 3.8) is 0 Å². The Morgan fingerprint density at radius 2 is 1.73 bits per heavy atom. The fourth-order valence-corrected chi connectivity index (χ4v) is 2.85. The van der Waals surface area contributed by atoms with Crippen LogP contribution in [0.1, 0.15) is 5.82 Å². The molecule has 3 N–H and O–H groups in total. The molecule has 0 atom stereocenters. The van der Waals surface area contributed by atoms with Crippen molar-refractivity contribution in [3.8, 4) is 33.8 Å². The van der Waals surface area contributed by atoms with Gasteiger partial charge in [-0.1, -0.05) is 18.2 Å². The Morgan fingerprint density at radius 3 is 2.46 bits per heavy atom. The van der Waals surface area contributed by atoms with Gasteiger partial charge >= 0.3 is 0 Å². The number of aryl methyl sites for hydroxylation is 1. The molecule has 130 valence electrons. The third-order valence-electron chi connectivity index (χ3n) is 4.02. The number of anilines is 1. The van der Waals surface area contributed by atoms with E-state index in [0.717, 1.165) is 39.5 Å². The summed E-state index contributed by atoms with van der Waals surface area (Å²) in [6, 6.07) is 16.3. The molecule has 4 rings (SSSR count). The van der Waals surface area contributed by atoms with Crippen molar-refractivity contribution in [1.82, 2.24) is 25.4 Å². The van der Waals surface area contributed by atoms with E-state index in [0.29, 0.717) is 5.82 Å². The van der Waals surface area contributed by atoms with Gasteiger partial charge in [0.15, 0.2) is 5.82 Å². The average Bonchev–Trinajstić information content (AvgIpc) is 3.34. The molecule has 0 spiro atoms. The topological polar surface area (TPSA) is 91.5 Å². The second kappa shape index (κ2) is 6.81. The zero-order chi connectivity index (χ0) is 17.9. The van der Waals surface area contributed by atoms with Crippen LogP contribution in [-0.2, 0) is 4.84 Å². The van der Waals surface area contributed by atoms with Gasteiger partial charge in [-0.2, -0.15) is 10.2 Å². The van der Waals surface area contributed by atoms with Gasteiger partial charge < -0.3 is 0 Å². The molecule has 0 aliphatic carbocycles. The SMILES string of the molecule is CONc1cc(-c2cccc(-c3ccn[nH]3)c2)cc(-c2n[nH]c(C)n2)c1. The zero-order valence-corrected chi connectivity index (χ0v) is 14.4. The van der Waals surface area contributed by atoms with Gasteiger partial charge in [0.05, 0.1) is 18.5 Å². The Hall–Kier alpha value is -3.45. The standard InChI is InChI=1S/C19H18N6O/c1-12-21-19(24-22-12)16-9-15(10-17(11-16)25-26-2)13-4-3-5-14(8-13)18-6-7-20-23-18/h3-11,25H,1-2H3,(H,20,23)(H,21,22,24). The molecule has 0 aliphatic rings. The third-order valence-corrected chi connectivity index (χ3v) is 4.02. The predicted molar refractivity (Wildman–Crippen MR) is 100 cm³/mol. The number of H-pyrrole nitrogens is 2. The van der Waals surface area contributed by atoms with Crippen molar-refractivity contribution in [2.75, 3.05) is 12.6 Å². The first kappa shape index (κ1) is 16.0. The van der Waals surface area contributed by atoms with E-state index in [1.807, 2.05) is 37.3 Å². The monoisotopic (exact) mass is 346 g/mol. The fraction of sp³-hybridized carbons (Fsp3) is 0.105. The molecule has 2 aromatic heterocycles. The summed E-state index contributed by atoms with van der Waals surface area (Å²) in [5, 5.41) is 14.2. The number of nitrogens with one attached hydrogen (secondary N) is 3. The van der Waals surface area contributed by atoms with E-state index >= 15 is 0 Å². The molecule has 2 heterocycles. The summed E-state index contributed by atoms with van der Waals surface area (Å²) in [6.07, 6.45) is 1.74. The molecule has 26 heavy (non-hydrogen) atoms. The Morgan fingerprint density at radius 1 is 0.923 bits per heavy atom. The summed E-state index contributed by atoms with van der Waals surface area (Å²) in [7, 11) is 1.59. The molecule has 0 radical (unpaired) electrons. The Bertz CT molecular complexity index is 1020. The molecule has 0 fully saturated rings. The molecule has 2 aromatic carbocycles. The van der Waals surface area contributed by atoms with Gasteiger partial charge in [0.25, 0.3) is 0 Å². The summed E-state index contributed by atoms with van der Waals surface area (Å²) in [6.45, 7) is 1.88. The Labute approximate surface area is 150 Å². The minimum atomic E-state index is 0.647. The minimum absolute atomic E-state index is 0.647. The van der Waals surface area contributed by atoms with Gasteiger partial charge in [-0.25, -0.2) is 4.98 Å². The number of aromatic nitrogens is 5. The second-order valence-corrected chi connectivity index (χ2v) is 5.90. The second-order valence-electron chi connectivity index (χ2n) is 5.90. The summed E-state index contributed by atoms with van der Waals surface area (Å²) in [5.41, 5.74) is 8.78. The van der Waals surface area contributed by atoms with E-state index in [1.54, 1.807) is 13.3 Å². The van der Waals surface area contributed by atoms with Crippen molar-refractivity contribution in [1.29, 1.82) is 0 Å². The Kier molecular flexibility index (Phi) is 4.20. The van der Waals surface area contributed by atoms with E-state index in [4.69, 9.17) is 4.84 Å². The van der Waals surface area contributed by atoms with Crippen LogP contribution in [0.5, 0.6) is 0 Å². The maximum atomic E-state index is 5.09. The zero-order valence-electron chi connectivity index (χ0n) is 14.4. The summed E-state index contributed by atoms with van der Waals surface area (Å²) < 4.78 is 0. The van der Waals surface area contributed by atoms with Crippen LogP contribution in [0.2, 0.25) is 0 Å². The van der Waals surface area contributed by atoms with Crippen molar-refractivity contribution in [2.24, 2.45) is 0 Å². The van der Waals surface area contributed by atoms with Gasteiger partial charge in [-0.05, 0) is 48.4 Å². The average molecular weight is 346 g/mol. The number of aromatic amines is 2. The lowest BCUT2D eigenvalue weighted by Gasteiger charge is -2.10. The maximum Gasteiger partial charge on any atom is 0.181 e. The smallest absolute Gasteiger partial charge is 0.181 e. The molecular weight excluding hydrogens is 328 g/mol. The van der Waals surface area contributed by atoms with Crippen molar-refractivity contribution < 1.29 is 4.84 Å². The van der Waals surface area contributed by atoms with Gasteiger partial charge in [-0.15, -0.1) is 0 Å². The van der Waals surface area contributed by atoms with Crippen LogP contribution in [0.15, 0.2) is 54.7 Å². The lowest BCUT2D eigenvalue weighted by molar-refractivity contribution is 0.271. The van der Waals surface area contributed by atoms with Crippen LogP contribution in [0.25, 0.3) is 33.8 Å².